The Labute approximate surface area is 165 Å². The molecular formula is C19H17ClN4O2S. The van der Waals surface area contributed by atoms with Gasteiger partial charge in [-0.2, -0.15) is 5.10 Å². The number of ether oxygens (including phenoxy) is 1. The number of nitrogens with two attached hydrogens (primary N) is 1. The number of nitrogen functional groups attached to an aromatic ring is 1. The number of aromatic nitrogens is 1. The van der Waals surface area contributed by atoms with E-state index in [9.17, 15) is 4.79 Å². The van der Waals surface area contributed by atoms with Crippen molar-refractivity contribution in [3.63, 3.8) is 0 Å². The van der Waals surface area contributed by atoms with Gasteiger partial charge in [0.25, 0.3) is 5.91 Å². The zero-order valence-electron chi connectivity index (χ0n) is 14.5. The molecule has 0 atom stereocenters. The van der Waals surface area contributed by atoms with Crippen LogP contribution in [0.15, 0.2) is 53.6 Å². The van der Waals surface area contributed by atoms with Crippen LogP contribution < -0.4 is 15.9 Å². The fraction of sp³-hybridized carbons (Fsp3) is 0.105. The van der Waals surface area contributed by atoms with E-state index in [2.05, 4.69) is 15.5 Å². The van der Waals surface area contributed by atoms with Crippen LogP contribution in [0.3, 0.4) is 0 Å². The summed E-state index contributed by atoms with van der Waals surface area (Å²) in [5.41, 5.74) is 10.4. The van der Waals surface area contributed by atoms with Gasteiger partial charge in [-0.25, -0.2) is 10.4 Å². The monoisotopic (exact) mass is 400 g/mol. The number of aryl methyl sites for hydroxylation is 1. The fourth-order valence-corrected chi connectivity index (χ4v) is 3.28. The van der Waals surface area contributed by atoms with E-state index in [4.69, 9.17) is 22.1 Å². The van der Waals surface area contributed by atoms with Crippen LogP contribution in [0.4, 0.5) is 5.13 Å². The number of anilines is 1. The van der Waals surface area contributed by atoms with Gasteiger partial charge >= 0.3 is 0 Å². The van der Waals surface area contributed by atoms with Gasteiger partial charge in [0.1, 0.15) is 17.2 Å². The molecule has 0 saturated carbocycles. The van der Waals surface area contributed by atoms with E-state index < -0.39 is 0 Å². The highest BCUT2D eigenvalue weighted by atomic mass is 35.5. The lowest BCUT2D eigenvalue weighted by Gasteiger charge is -2.09. The van der Waals surface area contributed by atoms with Crippen molar-refractivity contribution < 1.29 is 9.53 Å². The van der Waals surface area contributed by atoms with Crippen molar-refractivity contribution >= 4 is 40.2 Å². The van der Waals surface area contributed by atoms with E-state index in [1.54, 1.807) is 6.92 Å². The average Bonchev–Trinajstić information content (AvgIpc) is 2.99. The number of benzene rings is 2. The maximum atomic E-state index is 12.1. The third-order valence-corrected chi connectivity index (χ3v) is 4.81. The molecule has 0 aliphatic carbocycles. The Morgan fingerprint density at radius 2 is 2.15 bits per heavy atom. The normalized spacial score (nSPS) is 10.9. The van der Waals surface area contributed by atoms with Crippen molar-refractivity contribution in [2.75, 3.05) is 5.73 Å². The Morgan fingerprint density at radius 1 is 1.33 bits per heavy atom. The van der Waals surface area contributed by atoms with Gasteiger partial charge in [0.15, 0.2) is 5.13 Å². The van der Waals surface area contributed by atoms with E-state index >= 15 is 0 Å². The maximum Gasteiger partial charge on any atom is 0.283 e. The molecule has 0 radical (unpaired) electrons. The van der Waals surface area contributed by atoms with Crippen LogP contribution in [-0.2, 0) is 6.61 Å². The Hall–Kier alpha value is -2.90. The molecule has 138 valence electrons. The first kappa shape index (κ1) is 18.9. The second-order valence-electron chi connectivity index (χ2n) is 5.62. The van der Waals surface area contributed by atoms with E-state index in [0.717, 1.165) is 22.5 Å². The second-order valence-corrected chi connectivity index (χ2v) is 7.09. The van der Waals surface area contributed by atoms with Gasteiger partial charge in [-0.05, 0) is 36.8 Å². The van der Waals surface area contributed by atoms with Crippen molar-refractivity contribution in [3.8, 4) is 5.75 Å². The zero-order chi connectivity index (χ0) is 19.2. The van der Waals surface area contributed by atoms with Gasteiger partial charge < -0.3 is 10.5 Å². The molecular weight excluding hydrogens is 384 g/mol. The third kappa shape index (κ3) is 5.06. The first-order valence-corrected chi connectivity index (χ1v) is 9.25. The van der Waals surface area contributed by atoms with E-state index in [1.807, 2.05) is 48.5 Å². The number of nitrogens with one attached hydrogen (secondary N) is 1. The van der Waals surface area contributed by atoms with E-state index in [-0.39, 0.29) is 5.91 Å². The molecule has 0 saturated heterocycles. The van der Waals surface area contributed by atoms with E-state index in [0.29, 0.717) is 33.1 Å². The molecule has 0 aliphatic heterocycles. The lowest BCUT2D eigenvalue weighted by molar-refractivity contribution is 0.0958. The highest BCUT2D eigenvalue weighted by molar-refractivity contribution is 7.17. The van der Waals surface area contributed by atoms with E-state index in [1.165, 1.54) is 6.21 Å². The summed E-state index contributed by atoms with van der Waals surface area (Å²) in [5, 5.41) is 5.02. The van der Waals surface area contributed by atoms with Gasteiger partial charge in [-0.3, -0.25) is 4.79 Å². The molecule has 0 aliphatic rings. The number of hydrogen-bond donors (Lipinski definition) is 2. The summed E-state index contributed by atoms with van der Waals surface area (Å²) < 4.78 is 5.86. The van der Waals surface area contributed by atoms with Gasteiger partial charge in [0, 0.05) is 10.6 Å². The number of thiazole rings is 1. The van der Waals surface area contributed by atoms with Crippen LogP contribution in [0.25, 0.3) is 0 Å². The largest absolute Gasteiger partial charge is 0.488 e. The van der Waals surface area contributed by atoms with Crippen LogP contribution in [0.5, 0.6) is 5.75 Å². The maximum absolute atomic E-state index is 12.1. The van der Waals surface area contributed by atoms with Gasteiger partial charge in [-0.15, -0.1) is 0 Å². The zero-order valence-corrected chi connectivity index (χ0v) is 16.1. The smallest absolute Gasteiger partial charge is 0.283 e. The minimum atomic E-state index is -0.352. The summed E-state index contributed by atoms with van der Waals surface area (Å²) >= 11 is 7.11. The van der Waals surface area contributed by atoms with Crippen LogP contribution in [-0.4, -0.2) is 17.1 Å². The minimum Gasteiger partial charge on any atom is -0.488 e. The summed E-state index contributed by atoms with van der Waals surface area (Å²) in [6.45, 7) is 2.10. The molecule has 2 aromatic carbocycles. The lowest BCUT2D eigenvalue weighted by Crippen LogP contribution is -2.17. The molecule has 0 bridgehead atoms. The number of amides is 1. The number of carbonyl (C=O) groups excluding carboxylic acids is 1. The summed E-state index contributed by atoms with van der Waals surface area (Å²) in [5.74, 6) is 0.295. The standard InChI is InChI=1S/C19H17ClN4O2S/c1-12-17(27-19(21)23-12)18(25)24-22-10-14-6-2-3-8-16(14)26-11-13-5-4-7-15(20)9-13/h2-10H,11H2,1H3,(H2,21,23)(H,24,25)/b22-10-. The van der Waals surface area contributed by atoms with Gasteiger partial charge in [-0.1, -0.05) is 47.2 Å². The highest BCUT2D eigenvalue weighted by Gasteiger charge is 2.13. The molecule has 8 heteroatoms. The lowest BCUT2D eigenvalue weighted by atomic mass is 10.2. The van der Waals surface area contributed by atoms with Crippen LogP contribution in [0.2, 0.25) is 5.02 Å². The number of nitrogens with zero attached hydrogens (tertiary/aromatic N) is 2. The first-order chi connectivity index (χ1) is 13.0. The number of para-hydroxylation sites is 1. The van der Waals surface area contributed by atoms with Gasteiger partial charge in [0.05, 0.1) is 11.9 Å². The minimum absolute atomic E-state index is 0.349. The van der Waals surface area contributed by atoms with Crippen molar-refractivity contribution in [1.29, 1.82) is 0 Å². The summed E-state index contributed by atoms with van der Waals surface area (Å²) in [6.07, 6.45) is 1.53. The summed E-state index contributed by atoms with van der Waals surface area (Å²) in [6, 6.07) is 14.9. The number of carbonyl (C=O) groups is 1. The molecule has 1 heterocycles. The molecule has 1 amide bonds. The topological polar surface area (TPSA) is 89.6 Å². The predicted octanol–water partition coefficient (Wildman–Crippen LogP) is 4.03. The quantitative estimate of drug-likeness (QED) is 0.483. The number of halogens is 1. The number of rotatable bonds is 6. The SMILES string of the molecule is Cc1nc(N)sc1C(=O)N/N=C\c1ccccc1OCc1cccc(Cl)c1. The van der Waals surface area contributed by atoms with Crippen LogP contribution in [0, 0.1) is 6.92 Å². The summed E-state index contributed by atoms with van der Waals surface area (Å²) in [4.78, 5) is 16.6. The van der Waals surface area contributed by atoms with Crippen molar-refractivity contribution in [2.24, 2.45) is 5.10 Å². The third-order valence-electron chi connectivity index (χ3n) is 3.59. The Kier molecular flexibility index (Phi) is 6.05. The molecule has 0 unspecified atom stereocenters. The Balaban J connectivity index is 1.65. The predicted molar refractivity (Wildman–Crippen MR) is 109 cm³/mol. The number of hydrazone groups is 1. The van der Waals surface area contributed by atoms with Crippen LogP contribution in [0.1, 0.15) is 26.5 Å². The first-order valence-electron chi connectivity index (χ1n) is 8.05. The second kappa shape index (κ2) is 8.66. The summed E-state index contributed by atoms with van der Waals surface area (Å²) in [7, 11) is 0. The molecule has 3 rings (SSSR count). The Bertz CT molecular complexity index is 987. The van der Waals surface area contributed by atoms with Crippen molar-refractivity contribution in [1.82, 2.24) is 10.4 Å². The van der Waals surface area contributed by atoms with Gasteiger partial charge in [0.2, 0.25) is 0 Å². The molecule has 3 aromatic rings. The molecule has 1 aromatic heterocycles. The highest BCUT2D eigenvalue weighted by Crippen LogP contribution is 2.20. The number of hydrogen-bond acceptors (Lipinski definition) is 6. The van der Waals surface area contributed by atoms with Crippen molar-refractivity contribution in [2.45, 2.75) is 13.5 Å². The molecule has 27 heavy (non-hydrogen) atoms. The fourth-order valence-electron chi connectivity index (χ4n) is 2.35. The van der Waals surface area contributed by atoms with Crippen molar-refractivity contribution in [3.05, 3.63) is 75.3 Å². The average molecular weight is 401 g/mol. The van der Waals surface area contributed by atoms with Crippen LogP contribution >= 0.6 is 22.9 Å². The molecule has 0 spiro atoms. The molecule has 0 fully saturated rings. The molecule has 6 nitrogen and oxygen atoms in total. The molecule has 3 N–H and O–H groups in total. The Morgan fingerprint density at radius 3 is 2.89 bits per heavy atom.